The van der Waals surface area contributed by atoms with Gasteiger partial charge in [-0.1, -0.05) is 18.2 Å². The lowest BCUT2D eigenvalue weighted by Gasteiger charge is -2.23. The Hall–Kier alpha value is -3.33. The van der Waals surface area contributed by atoms with Crippen LogP contribution in [0.15, 0.2) is 42.5 Å². The molecule has 0 aromatic heterocycles. The molecule has 0 aliphatic carbocycles. The predicted molar refractivity (Wildman–Crippen MR) is 99.0 cm³/mol. The number of nitrogens with zero attached hydrogens (tertiary/aromatic N) is 2. The second-order valence-electron chi connectivity index (χ2n) is 5.87. The first kappa shape index (κ1) is 19.0. The third kappa shape index (κ3) is 4.61. The minimum atomic E-state index is -0.622. The van der Waals surface area contributed by atoms with Crippen molar-refractivity contribution in [2.75, 3.05) is 18.1 Å². The number of para-hydroxylation sites is 1. The van der Waals surface area contributed by atoms with Gasteiger partial charge in [-0.05, 0) is 49.2 Å². The molecule has 0 fully saturated rings. The van der Waals surface area contributed by atoms with E-state index in [-0.39, 0.29) is 36.8 Å². The minimum Gasteiger partial charge on any atom is -0.483 e. The lowest BCUT2D eigenvalue weighted by molar-refractivity contribution is -0.120. The van der Waals surface area contributed by atoms with Crippen LogP contribution in [-0.4, -0.2) is 25.0 Å². The minimum absolute atomic E-state index is 0.205. The van der Waals surface area contributed by atoms with Gasteiger partial charge in [-0.15, -0.1) is 0 Å². The number of hydrogen-bond acceptors (Lipinski definition) is 4. The van der Waals surface area contributed by atoms with Crippen molar-refractivity contribution in [2.24, 2.45) is 5.73 Å². The zero-order chi connectivity index (χ0) is 19.1. The van der Waals surface area contributed by atoms with Crippen LogP contribution in [0.1, 0.15) is 27.9 Å². The van der Waals surface area contributed by atoms with Crippen molar-refractivity contribution in [1.29, 1.82) is 5.26 Å². The average Bonchev–Trinajstić information content (AvgIpc) is 2.63. The molecule has 0 aliphatic rings. The van der Waals surface area contributed by atoms with Gasteiger partial charge in [0.25, 0.3) is 11.8 Å². The summed E-state index contributed by atoms with van der Waals surface area (Å²) in [6.45, 7) is 3.96. The van der Waals surface area contributed by atoms with Crippen molar-refractivity contribution in [3.63, 3.8) is 0 Å². The largest absolute Gasteiger partial charge is 0.483 e. The summed E-state index contributed by atoms with van der Waals surface area (Å²) < 4.78 is 5.52. The Morgan fingerprint density at radius 1 is 1.15 bits per heavy atom. The molecule has 2 amide bonds. The molecule has 0 bridgehead atoms. The number of primary amides is 1. The summed E-state index contributed by atoms with van der Waals surface area (Å²) in [6, 6.07) is 14.2. The SMILES string of the molecule is Cc1ccc(N(CCC#N)C(=O)COc2ccccc2C(N)=O)cc1C. The molecular weight excluding hydrogens is 330 g/mol. The third-order valence-corrected chi connectivity index (χ3v) is 4.05. The number of carbonyl (C=O) groups excluding carboxylic acids is 2. The van der Waals surface area contributed by atoms with E-state index in [1.54, 1.807) is 24.3 Å². The van der Waals surface area contributed by atoms with Crippen molar-refractivity contribution < 1.29 is 14.3 Å². The number of carbonyl (C=O) groups is 2. The molecule has 2 aromatic rings. The van der Waals surface area contributed by atoms with Crippen LogP contribution >= 0.6 is 0 Å². The number of ether oxygens (including phenoxy) is 1. The molecule has 2 N–H and O–H groups in total. The van der Waals surface area contributed by atoms with E-state index in [4.69, 9.17) is 15.7 Å². The van der Waals surface area contributed by atoms with Crippen molar-refractivity contribution in [3.05, 3.63) is 59.2 Å². The van der Waals surface area contributed by atoms with E-state index in [1.807, 2.05) is 32.0 Å². The molecule has 134 valence electrons. The first-order valence-electron chi connectivity index (χ1n) is 8.20. The van der Waals surface area contributed by atoms with Crippen molar-refractivity contribution >= 4 is 17.5 Å². The molecule has 6 nitrogen and oxygen atoms in total. The lowest BCUT2D eigenvalue weighted by atomic mass is 10.1. The Kier molecular flexibility index (Phi) is 6.34. The van der Waals surface area contributed by atoms with E-state index >= 15 is 0 Å². The van der Waals surface area contributed by atoms with Gasteiger partial charge in [0.1, 0.15) is 5.75 Å². The summed E-state index contributed by atoms with van der Waals surface area (Å²) >= 11 is 0. The Balaban J connectivity index is 2.18. The van der Waals surface area contributed by atoms with Gasteiger partial charge in [-0.25, -0.2) is 0 Å². The normalized spacial score (nSPS) is 10.0. The first-order chi connectivity index (χ1) is 12.4. The van der Waals surface area contributed by atoms with Crippen LogP contribution in [0.5, 0.6) is 5.75 Å². The molecule has 0 saturated carbocycles. The molecule has 0 radical (unpaired) electrons. The van der Waals surface area contributed by atoms with Crippen LogP contribution < -0.4 is 15.4 Å². The van der Waals surface area contributed by atoms with Gasteiger partial charge in [-0.3, -0.25) is 9.59 Å². The van der Waals surface area contributed by atoms with E-state index in [2.05, 4.69) is 6.07 Å². The van der Waals surface area contributed by atoms with Crippen molar-refractivity contribution in [3.8, 4) is 11.8 Å². The van der Waals surface area contributed by atoms with E-state index < -0.39 is 5.91 Å². The second-order valence-corrected chi connectivity index (χ2v) is 5.87. The Morgan fingerprint density at radius 3 is 2.54 bits per heavy atom. The van der Waals surface area contributed by atoms with Crippen LogP contribution in [0, 0.1) is 25.2 Å². The first-order valence-corrected chi connectivity index (χ1v) is 8.20. The van der Waals surface area contributed by atoms with E-state index in [1.165, 1.54) is 4.90 Å². The van der Waals surface area contributed by atoms with Crippen LogP contribution in [0.2, 0.25) is 0 Å². The number of anilines is 1. The zero-order valence-electron chi connectivity index (χ0n) is 14.9. The second kappa shape index (κ2) is 8.67. The molecule has 0 saturated heterocycles. The maximum Gasteiger partial charge on any atom is 0.264 e. The highest BCUT2D eigenvalue weighted by molar-refractivity contribution is 5.97. The maximum atomic E-state index is 12.7. The number of amides is 2. The molecule has 6 heteroatoms. The van der Waals surface area contributed by atoms with Crippen molar-refractivity contribution in [1.82, 2.24) is 0 Å². The number of aryl methyl sites for hydroxylation is 2. The molecule has 0 heterocycles. The topological polar surface area (TPSA) is 96.4 Å². The van der Waals surface area contributed by atoms with Crippen LogP contribution in [-0.2, 0) is 4.79 Å². The highest BCUT2D eigenvalue weighted by Crippen LogP contribution is 2.21. The molecule has 2 aromatic carbocycles. The summed E-state index contributed by atoms with van der Waals surface area (Å²) in [5.41, 5.74) is 8.42. The van der Waals surface area contributed by atoms with E-state index in [0.717, 1.165) is 11.1 Å². The molecule has 0 spiro atoms. The smallest absolute Gasteiger partial charge is 0.264 e. The standard InChI is InChI=1S/C20H21N3O3/c1-14-8-9-16(12-15(14)2)23(11-5-10-21)19(24)13-26-18-7-4-3-6-17(18)20(22)25/h3-4,6-9,12H,5,11,13H2,1-2H3,(H2,22,25). The average molecular weight is 351 g/mol. The maximum absolute atomic E-state index is 12.7. The number of benzene rings is 2. The van der Waals surface area contributed by atoms with Gasteiger partial charge in [0.2, 0.25) is 0 Å². The van der Waals surface area contributed by atoms with Crippen molar-refractivity contribution in [2.45, 2.75) is 20.3 Å². The van der Waals surface area contributed by atoms with Gasteiger partial charge < -0.3 is 15.4 Å². The van der Waals surface area contributed by atoms with Gasteiger partial charge in [0, 0.05) is 12.2 Å². The zero-order valence-corrected chi connectivity index (χ0v) is 14.9. The van der Waals surface area contributed by atoms with E-state index in [9.17, 15) is 9.59 Å². The van der Waals surface area contributed by atoms with Gasteiger partial charge in [0.05, 0.1) is 18.1 Å². The van der Waals surface area contributed by atoms with Gasteiger partial charge in [0.15, 0.2) is 6.61 Å². The summed E-state index contributed by atoms with van der Waals surface area (Å²) in [5, 5.41) is 8.88. The molecule has 0 atom stereocenters. The Bertz CT molecular complexity index is 856. The van der Waals surface area contributed by atoms with Gasteiger partial charge >= 0.3 is 0 Å². The molecule has 2 rings (SSSR count). The van der Waals surface area contributed by atoms with Gasteiger partial charge in [-0.2, -0.15) is 5.26 Å². The number of rotatable bonds is 7. The number of nitriles is 1. The molecule has 0 unspecified atom stereocenters. The summed E-state index contributed by atoms with van der Waals surface area (Å²) in [7, 11) is 0. The third-order valence-electron chi connectivity index (χ3n) is 4.05. The van der Waals surface area contributed by atoms with Crippen LogP contribution in [0.4, 0.5) is 5.69 Å². The molecule has 26 heavy (non-hydrogen) atoms. The number of nitrogens with two attached hydrogens (primary N) is 1. The predicted octanol–water partition coefficient (Wildman–Crippen LogP) is 2.73. The quantitative estimate of drug-likeness (QED) is 0.829. The Morgan fingerprint density at radius 2 is 1.88 bits per heavy atom. The highest BCUT2D eigenvalue weighted by Gasteiger charge is 2.18. The summed E-state index contributed by atoms with van der Waals surface area (Å²) in [5.74, 6) is -0.667. The summed E-state index contributed by atoms with van der Waals surface area (Å²) in [4.78, 5) is 25.6. The fourth-order valence-corrected chi connectivity index (χ4v) is 2.47. The fourth-order valence-electron chi connectivity index (χ4n) is 2.47. The van der Waals surface area contributed by atoms with E-state index in [0.29, 0.717) is 5.69 Å². The summed E-state index contributed by atoms with van der Waals surface area (Å²) in [6.07, 6.45) is 0.205. The highest BCUT2D eigenvalue weighted by atomic mass is 16.5. The number of hydrogen-bond donors (Lipinski definition) is 1. The van der Waals surface area contributed by atoms with Crippen LogP contribution in [0.25, 0.3) is 0 Å². The molecular formula is C20H21N3O3. The Labute approximate surface area is 152 Å². The monoisotopic (exact) mass is 351 g/mol. The fraction of sp³-hybridized carbons (Fsp3) is 0.250. The molecule has 0 aliphatic heterocycles. The lowest BCUT2D eigenvalue weighted by Crippen LogP contribution is -2.36. The van der Waals surface area contributed by atoms with Crippen LogP contribution in [0.3, 0.4) is 0 Å².